The van der Waals surface area contributed by atoms with Crippen LogP contribution in [0.1, 0.15) is 101 Å². The first-order valence-electron chi connectivity index (χ1n) is 11.9. The summed E-state index contributed by atoms with van der Waals surface area (Å²) < 4.78 is 0. The minimum atomic E-state index is 0.476. The summed E-state index contributed by atoms with van der Waals surface area (Å²) >= 11 is 0. The number of hydrogen-bond acceptors (Lipinski definition) is 1. The van der Waals surface area contributed by atoms with E-state index < -0.39 is 0 Å². The zero-order valence-corrected chi connectivity index (χ0v) is 21.7. The molecule has 1 N–H and O–H groups in total. The molecule has 1 rings (SSSR count). The van der Waals surface area contributed by atoms with Gasteiger partial charge in [0.1, 0.15) is 5.75 Å². The van der Waals surface area contributed by atoms with Gasteiger partial charge in [0.2, 0.25) is 0 Å². The number of phenolic OH excluding ortho intramolecular Hbond substituents is 1. The molecular weight excluding hydrogens is 376 g/mol. The molecule has 0 radical (unpaired) electrons. The SMILES string of the molecule is CC(C)=CCC/C(C)=C/CC/C(C)=C/CC/C(C)=C/Cc1c(C)c(C)c(C)c(C)c1O. The van der Waals surface area contributed by atoms with Crippen LogP contribution in [-0.4, -0.2) is 5.11 Å². The van der Waals surface area contributed by atoms with E-state index in [9.17, 15) is 5.11 Å². The van der Waals surface area contributed by atoms with Crippen LogP contribution in [0.15, 0.2) is 46.6 Å². The van der Waals surface area contributed by atoms with Crippen LogP contribution in [-0.2, 0) is 6.42 Å². The first kappa shape index (κ1) is 27.0. The molecule has 0 aliphatic heterocycles. The second kappa shape index (κ2) is 13.4. The van der Waals surface area contributed by atoms with E-state index in [1.807, 2.05) is 6.92 Å². The maximum Gasteiger partial charge on any atom is 0.122 e. The maximum atomic E-state index is 10.6. The molecule has 0 bridgehead atoms. The molecule has 1 aromatic rings. The largest absolute Gasteiger partial charge is 0.507 e. The Labute approximate surface area is 192 Å². The van der Waals surface area contributed by atoms with Crippen LogP contribution in [0.5, 0.6) is 5.75 Å². The van der Waals surface area contributed by atoms with Gasteiger partial charge in [0.15, 0.2) is 0 Å². The van der Waals surface area contributed by atoms with Crippen LogP contribution < -0.4 is 0 Å². The van der Waals surface area contributed by atoms with E-state index >= 15 is 0 Å². The highest BCUT2D eigenvalue weighted by Crippen LogP contribution is 2.32. The molecule has 0 saturated carbocycles. The number of benzene rings is 1. The molecule has 0 spiro atoms. The zero-order valence-electron chi connectivity index (χ0n) is 21.7. The summed E-state index contributed by atoms with van der Waals surface area (Å²) in [5.41, 5.74) is 11.6. The summed E-state index contributed by atoms with van der Waals surface area (Å²) in [6.07, 6.45) is 17.0. The molecule has 0 aliphatic carbocycles. The summed E-state index contributed by atoms with van der Waals surface area (Å²) in [6.45, 7) is 19.5. The van der Waals surface area contributed by atoms with E-state index in [-0.39, 0.29) is 0 Å². The molecule has 0 aromatic heterocycles. The van der Waals surface area contributed by atoms with Gasteiger partial charge in [0.05, 0.1) is 0 Å². The monoisotopic (exact) mass is 422 g/mol. The van der Waals surface area contributed by atoms with Crippen molar-refractivity contribution in [2.45, 2.75) is 107 Å². The van der Waals surface area contributed by atoms with E-state index in [4.69, 9.17) is 0 Å². The van der Waals surface area contributed by atoms with Crippen molar-refractivity contribution in [3.05, 3.63) is 74.4 Å². The van der Waals surface area contributed by atoms with Crippen LogP contribution in [0.2, 0.25) is 0 Å². The maximum absolute atomic E-state index is 10.6. The van der Waals surface area contributed by atoms with Crippen molar-refractivity contribution in [2.24, 2.45) is 0 Å². The fraction of sp³-hybridized carbons (Fsp3) is 0.533. The van der Waals surface area contributed by atoms with Crippen molar-refractivity contribution in [3.63, 3.8) is 0 Å². The predicted octanol–water partition coefficient (Wildman–Crippen LogP) is 9.31. The van der Waals surface area contributed by atoms with Gasteiger partial charge in [-0.3, -0.25) is 0 Å². The van der Waals surface area contributed by atoms with Crippen molar-refractivity contribution in [1.29, 1.82) is 0 Å². The zero-order chi connectivity index (χ0) is 23.6. The summed E-state index contributed by atoms with van der Waals surface area (Å²) in [5, 5.41) is 10.6. The van der Waals surface area contributed by atoms with Crippen molar-refractivity contribution in [2.75, 3.05) is 0 Å². The lowest BCUT2D eigenvalue weighted by Crippen LogP contribution is -1.99. The lowest BCUT2D eigenvalue weighted by molar-refractivity contribution is 0.464. The third kappa shape index (κ3) is 9.33. The standard InChI is InChI=1S/C30H46O/c1-21(2)13-10-14-22(3)15-11-16-23(4)17-12-18-24(5)19-20-29-27(8)25(6)26(7)28(9)30(29)31/h13,15,17,19,31H,10-12,14,16,18,20H2,1-9H3/b22-15+,23-17+,24-19+. The van der Waals surface area contributed by atoms with Gasteiger partial charge in [-0.05, 0) is 130 Å². The van der Waals surface area contributed by atoms with Crippen molar-refractivity contribution < 1.29 is 5.11 Å². The van der Waals surface area contributed by atoms with E-state index in [0.717, 1.165) is 49.7 Å². The molecule has 0 heterocycles. The molecule has 1 nitrogen and oxygen atoms in total. The van der Waals surface area contributed by atoms with Crippen molar-refractivity contribution in [1.82, 2.24) is 0 Å². The first-order valence-corrected chi connectivity index (χ1v) is 11.9. The highest BCUT2D eigenvalue weighted by molar-refractivity contribution is 5.54. The molecule has 1 aromatic carbocycles. The Morgan fingerprint density at radius 2 is 1.00 bits per heavy atom. The molecule has 0 unspecified atom stereocenters. The van der Waals surface area contributed by atoms with Gasteiger partial charge >= 0.3 is 0 Å². The second-order valence-corrected chi connectivity index (χ2v) is 9.58. The Bertz CT molecular complexity index is 826. The molecule has 1 heteroatoms. The molecule has 172 valence electrons. The lowest BCUT2D eigenvalue weighted by atomic mass is 9.91. The van der Waals surface area contributed by atoms with Gasteiger partial charge in [-0.15, -0.1) is 0 Å². The molecule has 0 fully saturated rings. The molecule has 0 atom stereocenters. The number of allylic oxidation sites excluding steroid dienone is 8. The van der Waals surface area contributed by atoms with E-state index in [1.54, 1.807) is 0 Å². The molecule has 0 saturated heterocycles. The predicted molar refractivity (Wildman–Crippen MR) is 139 cm³/mol. The topological polar surface area (TPSA) is 20.2 Å². The fourth-order valence-electron chi connectivity index (χ4n) is 3.88. The third-order valence-electron chi connectivity index (χ3n) is 6.59. The Morgan fingerprint density at radius 1 is 0.581 bits per heavy atom. The average molecular weight is 423 g/mol. The second-order valence-electron chi connectivity index (χ2n) is 9.58. The van der Waals surface area contributed by atoms with Gasteiger partial charge in [0.25, 0.3) is 0 Å². The summed E-state index contributed by atoms with van der Waals surface area (Å²) in [5.74, 6) is 0.476. The minimum absolute atomic E-state index is 0.476. The molecular formula is C30H46O. The van der Waals surface area contributed by atoms with Crippen molar-refractivity contribution >= 4 is 0 Å². The Balaban J connectivity index is 2.52. The highest BCUT2D eigenvalue weighted by atomic mass is 16.3. The van der Waals surface area contributed by atoms with Gasteiger partial charge in [0, 0.05) is 5.56 Å². The smallest absolute Gasteiger partial charge is 0.122 e. The highest BCUT2D eigenvalue weighted by Gasteiger charge is 2.13. The summed E-state index contributed by atoms with van der Waals surface area (Å²) in [7, 11) is 0. The van der Waals surface area contributed by atoms with Crippen LogP contribution in [0, 0.1) is 27.7 Å². The number of hydrogen-bond donors (Lipinski definition) is 1. The molecule has 31 heavy (non-hydrogen) atoms. The Hall–Kier alpha value is -2.02. The van der Waals surface area contributed by atoms with Gasteiger partial charge in [-0.2, -0.15) is 0 Å². The summed E-state index contributed by atoms with van der Waals surface area (Å²) in [4.78, 5) is 0. The third-order valence-corrected chi connectivity index (χ3v) is 6.59. The normalized spacial score (nSPS) is 13.0. The van der Waals surface area contributed by atoms with E-state index in [0.29, 0.717) is 5.75 Å². The van der Waals surface area contributed by atoms with Crippen LogP contribution >= 0.6 is 0 Å². The van der Waals surface area contributed by atoms with Crippen LogP contribution in [0.4, 0.5) is 0 Å². The van der Waals surface area contributed by atoms with Crippen LogP contribution in [0.25, 0.3) is 0 Å². The van der Waals surface area contributed by atoms with Gasteiger partial charge in [-0.1, -0.05) is 46.6 Å². The first-order chi connectivity index (χ1) is 14.5. The quantitative estimate of drug-likeness (QED) is 0.352. The van der Waals surface area contributed by atoms with E-state index in [1.165, 1.54) is 45.4 Å². The number of phenols is 1. The Morgan fingerprint density at radius 3 is 1.48 bits per heavy atom. The Kier molecular flexibility index (Phi) is 11.7. The summed E-state index contributed by atoms with van der Waals surface area (Å²) in [6, 6.07) is 0. The lowest BCUT2D eigenvalue weighted by Gasteiger charge is -2.16. The van der Waals surface area contributed by atoms with Crippen LogP contribution in [0.3, 0.4) is 0 Å². The molecule has 0 aliphatic rings. The number of aromatic hydroxyl groups is 1. The fourth-order valence-corrected chi connectivity index (χ4v) is 3.88. The van der Waals surface area contributed by atoms with Crippen molar-refractivity contribution in [3.8, 4) is 5.75 Å². The number of rotatable bonds is 11. The van der Waals surface area contributed by atoms with Gasteiger partial charge in [-0.25, -0.2) is 0 Å². The average Bonchev–Trinajstić information content (AvgIpc) is 2.70. The molecule has 0 amide bonds. The van der Waals surface area contributed by atoms with Gasteiger partial charge < -0.3 is 5.11 Å². The van der Waals surface area contributed by atoms with E-state index in [2.05, 4.69) is 79.7 Å². The minimum Gasteiger partial charge on any atom is -0.507 e.